The molecule has 1 amide bonds. The van der Waals surface area contributed by atoms with Crippen molar-refractivity contribution >= 4 is 21.6 Å². The van der Waals surface area contributed by atoms with Crippen LogP contribution in [0.1, 0.15) is 66.4 Å². The van der Waals surface area contributed by atoms with Gasteiger partial charge in [-0.15, -0.1) is 0 Å². The van der Waals surface area contributed by atoms with E-state index in [0.29, 0.717) is 5.69 Å². The Morgan fingerprint density at radius 2 is 1.50 bits per heavy atom. The normalized spacial score (nSPS) is 22.1. The number of nitrogens with zero attached hydrogens (tertiary/aromatic N) is 1. The number of piperidine rings is 1. The molecule has 0 aliphatic carbocycles. The average molecular weight is 698 g/mol. The molecule has 2 aliphatic rings. The van der Waals surface area contributed by atoms with E-state index in [4.69, 9.17) is 9.47 Å². The Balaban J connectivity index is 1.19. The van der Waals surface area contributed by atoms with Gasteiger partial charge in [0.15, 0.2) is 6.29 Å². The zero-order valence-electron chi connectivity index (χ0n) is 28.7. The number of hydrogen-bond donors (Lipinski definition) is 3. The van der Waals surface area contributed by atoms with Gasteiger partial charge in [0.1, 0.15) is 6.04 Å². The van der Waals surface area contributed by atoms with Gasteiger partial charge in [-0.05, 0) is 80.2 Å². The molecular formula is C40H47N3O6S. The van der Waals surface area contributed by atoms with Crippen molar-refractivity contribution in [1.82, 2.24) is 9.62 Å². The van der Waals surface area contributed by atoms with Crippen molar-refractivity contribution in [3.63, 3.8) is 0 Å². The third-order valence-corrected chi connectivity index (χ3v) is 11.2. The number of hydrogen-bond acceptors (Lipinski definition) is 7. The number of benzene rings is 4. The zero-order chi connectivity index (χ0) is 35.1. The standard InChI is InChI=1S/C40H47N3O6S/c1-28-11-21-35(22-12-28)50(46,47)42-36(25-30-9-5-3-6-10-30)39(45)41-34-19-17-33(18-20-34)40-48-37(26-43-23-7-4-8-24-43)29(2)38(49-40)32-15-13-31(27-44)14-16-32/h3,5-6,9-22,29,36-38,40,42,44H,4,7-8,23-27H2,1-2H3,(H,41,45). The largest absolute Gasteiger partial charge is 0.392 e. The number of carbonyl (C=O) groups is 1. The topological polar surface area (TPSA) is 117 Å². The van der Waals surface area contributed by atoms with Gasteiger partial charge in [0.05, 0.1) is 23.7 Å². The molecule has 2 aliphatic heterocycles. The molecule has 264 valence electrons. The first-order chi connectivity index (χ1) is 24.2. The van der Waals surface area contributed by atoms with Crippen LogP contribution in [0.3, 0.4) is 0 Å². The van der Waals surface area contributed by atoms with E-state index in [1.807, 2.05) is 73.7 Å². The third kappa shape index (κ3) is 9.06. The van der Waals surface area contributed by atoms with Gasteiger partial charge in [0.2, 0.25) is 15.9 Å². The molecule has 50 heavy (non-hydrogen) atoms. The highest BCUT2D eigenvalue weighted by Crippen LogP contribution is 2.42. The first-order valence-electron chi connectivity index (χ1n) is 17.5. The highest BCUT2D eigenvalue weighted by atomic mass is 32.2. The number of aliphatic hydroxyl groups excluding tert-OH is 1. The number of likely N-dealkylation sites (tertiary alicyclic amines) is 1. The zero-order valence-corrected chi connectivity index (χ0v) is 29.5. The Morgan fingerprint density at radius 1 is 0.840 bits per heavy atom. The summed E-state index contributed by atoms with van der Waals surface area (Å²) in [6.45, 7) is 7.00. The Labute approximate surface area is 295 Å². The Hall–Kier alpha value is -3.90. The van der Waals surface area contributed by atoms with Gasteiger partial charge in [-0.25, -0.2) is 8.42 Å². The van der Waals surface area contributed by atoms with E-state index in [-0.39, 0.29) is 36.0 Å². The lowest BCUT2D eigenvalue weighted by Crippen LogP contribution is -2.45. The highest BCUT2D eigenvalue weighted by Gasteiger charge is 2.39. The van der Waals surface area contributed by atoms with Crippen LogP contribution in [0.25, 0.3) is 0 Å². The molecular weight excluding hydrogens is 651 g/mol. The van der Waals surface area contributed by atoms with Crippen LogP contribution in [-0.2, 0) is 37.3 Å². The monoisotopic (exact) mass is 697 g/mol. The Kier molecular flexibility index (Phi) is 11.8. The molecule has 3 N–H and O–H groups in total. The number of aliphatic hydroxyl groups is 1. The van der Waals surface area contributed by atoms with Gasteiger partial charge in [-0.1, -0.05) is 97.8 Å². The van der Waals surface area contributed by atoms with E-state index in [9.17, 15) is 18.3 Å². The van der Waals surface area contributed by atoms with Crippen LogP contribution in [0.5, 0.6) is 0 Å². The number of amides is 1. The maximum absolute atomic E-state index is 13.7. The van der Waals surface area contributed by atoms with E-state index in [0.717, 1.165) is 47.5 Å². The maximum Gasteiger partial charge on any atom is 0.242 e. The summed E-state index contributed by atoms with van der Waals surface area (Å²) in [7, 11) is -3.97. The minimum absolute atomic E-state index is 0.0147. The van der Waals surface area contributed by atoms with Crippen molar-refractivity contribution < 1.29 is 27.8 Å². The summed E-state index contributed by atoms with van der Waals surface area (Å²) in [6, 6.07) is 30.0. The molecule has 2 heterocycles. The SMILES string of the molecule is Cc1ccc(S(=O)(=O)NC(Cc2ccccc2)C(=O)Nc2ccc(C3OC(CN4CCCCC4)C(C)C(c4ccc(CO)cc4)O3)cc2)cc1. The summed E-state index contributed by atoms with van der Waals surface area (Å²) in [5, 5.41) is 12.5. The van der Waals surface area contributed by atoms with Crippen molar-refractivity contribution in [2.24, 2.45) is 5.92 Å². The summed E-state index contributed by atoms with van der Waals surface area (Å²) in [6.07, 6.45) is 2.93. The summed E-state index contributed by atoms with van der Waals surface area (Å²) >= 11 is 0. The number of anilines is 1. The first kappa shape index (κ1) is 35.9. The summed E-state index contributed by atoms with van der Waals surface area (Å²) < 4.78 is 42.6. The molecule has 0 saturated carbocycles. The van der Waals surface area contributed by atoms with Crippen LogP contribution < -0.4 is 10.0 Å². The first-order valence-corrected chi connectivity index (χ1v) is 18.9. The van der Waals surface area contributed by atoms with Gasteiger partial charge in [-0.2, -0.15) is 4.72 Å². The minimum atomic E-state index is -3.97. The molecule has 2 saturated heterocycles. The number of carbonyl (C=O) groups excluding carboxylic acids is 1. The predicted octanol–water partition coefficient (Wildman–Crippen LogP) is 6.29. The number of ether oxygens (including phenoxy) is 2. The molecule has 5 unspecified atom stereocenters. The molecule has 0 spiro atoms. The molecule has 9 nitrogen and oxygen atoms in total. The maximum atomic E-state index is 13.7. The lowest BCUT2D eigenvalue weighted by atomic mass is 9.89. The van der Waals surface area contributed by atoms with Crippen LogP contribution in [0.15, 0.2) is 108 Å². The van der Waals surface area contributed by atoms with Gasteiger partial charge in [0.25, 0.3) is 0 Å². The van der Waals surface area contributed by atoms with Crippen LogP contribution in [0.2, 0.25) is 0 Å². The second kappa shape index (κ2) is 16.4. The smallest absolute Gasteiger partial charge is 0.242 e. The summed E-state index contributed by atoms with van der Waals surface area (Å²) in [5.74, 6) is -0.374. The summed E-state index contributed by atoms with van der Waals surface area (Å²) in [4.78, 5) is 16.3. The number of sulfonamides is 1. The highest BCUT2D eigenvalue weighted by molar-refractivity contribution is 7.89. The molecule has 6 rings (SSSR count). The van der Waals surface area contributed by atoms with Crippen LogP contribution in [-0.4, -0.2) is 56.1 Å². The van der Waals surface area contributed by atoms with E-state index in [1.54, 1.807) is 24.3 Å². The van der Waals surface area contributed by atoms with Crippen LogP contribution in [0, 0.1) is 12.8 Å². The fourth-order valence-corrected chi connectivity index (χ4v) is 7.88. The lowest BCUT2D eigenvalue weighted by Gasteiger charge is -2.43. The van der Waals surface area contributed by atoms with Crippen molar-refractivity contribution in [2.45, 2.75) is 75.6 Å². The van der Waals surface area contributed by atoms with Crippen molar-refractivity contribution in [2.75, 3.05) is 25.0 Å². The van der Waals surface area contributed by atoms with E-state index >= 15 is 0 Å². The van der Waals surface area contributed by atoms with Crippen molar-refractivity contribution in [3.05, 3.63) is 131 Å². The van der Waals surface area contributed by atoms with Crippen molar-refractivity contribution in [3.8, 4) is 0 Å². The molecule has 4 aromatic carbocycles. The van der Waals surface area contributed by atoms with E-state index in [1.165, 1.54) is 31.4 Å². The number of aryl methyl sites for hydroxylation is 1. The van der Waals surface area contributed by atoms with E-state index < -0.39 is 28.3 Å². The van der Waals surface area contributed by atoms with E-state index in [2.05, 4.69) is 21.9 Å². The van der Waals surface area contributed by atoms with Gasteiger partial charge in [-0.3, -0.25) is 4.79 Å². The molecule has 0 aromatic heterocycles. The third-order valence-electron chi connectivity index (χ3n) is 9.69. The quantitative estimate of drug-likeness (QED) is 0.159. The van der Waals surface area contributed by atoms with Crippen LogP contribution >= 0.6 is 0 Å². The fourth-order valence-electron chi connectivity index (χ4n) is 6.69. The second-order valence-corrected chi connectivity index (χ2v) is 15.2. The molecule has 10 heteroatoms. The Morgan fingerprint density at radius 3 is 2.16 bits per heavy atom. The van der Waals surface area contributed by atoms with Crippen LogP contribution in [0.4, 0.5) is 5.69 Å². The lowest BCUT2D eigenvalue weighted by molar-refractivity contribution is -0.276. The average Bonchev–Trinajstić information content (AvgIpc) is 3.13. The molecule has 0 bridgehead atoms. The fraction of sp³-hybridized carbons (Fsp3) is 0.375. The van der Waals surface area contributed by atoms with Gasteiger partial charge >= 0.3 is 0 Å². The van der Waals surface area contributed by atoms with Gasteiger partial charge < -0.3 is 24.8 Å². The molecule has 5 atom stereocenters. The minimum Gasteiger partial charge on any atom is -0.392 e. The number of rotatable bonds is 12. The Bertz CT molecular complexity index is 1800. The van der Waals surface area contributed by atoms with Crippen molar-refractivity contribution in [1.29, 1.82) is 0 Å². The molecule has 4 aromatic rings. The number of nitrogens with one attached hydrogen (secondary N) is 2. The van der Waals surface area contributed by atoms with Gasteiger partial charge in [0, 0.05) is 23.7 Å². The second-order valence-electron chi connectivity index (χ2n) is 13.5. The molecule has 2 fully saturated rings. The predicted molar refractivity (Wildman–Crippen MR) is 194 cm³/mol. The summed E-state index contributed by atoms with van der Waals surface area (Å²) in [5.41, 5.74) is 4.99. The molecule has 0 radical (unpaired) electrons.